The summed E-state index contributed by atoms with van der Waals surface area (Å²) in [6.07, 6.45) is -2.27. The standard InChI is InChI=1S/C32H35N3O5Si/c1-32(2,3)41(5,6)40-21-15-20(28(36)29(21)37)35-19-14-10-8-12-17(19)23-25-24(30(38)34(4)31(25)39)22-16-11-7-9-13-18(16)33-26(22)27(23)35/h7-14,20-21,28-29,33,36-37H,15H2,1-6H3/t20?,21-,28-,29+/m0/s1. The van der Waals surface area contributed by atoms with Crippen LogP contribution in [0.3, 0.4) is 0 Å². The number of hydrogen-bond donors (Lipinski definition) is 3. The molecule has 8 nitrogen and oxygen atoms in total. The third kappa shape index (κ3) is 3.43. The smallest absolute Gasteiger partial charge is 0.262 e. The second-order valence-corrected chi connectivity index (χ2v) is 17.9. The molecule has 3 N–H and O–H groups in total. The molecule has 9 heteroatoms. The number of fused-ring (bicyclic) bond motifs is 10. The van der Waals surface area contributed by atoms with E-state index >= 15 is 0 Å². The number of aromatic amines is 1. The average molecular weight is 570 g/mol. The summed E-state index contributed by atoms with van der Waals surface area (Å²) < 4.78 is 8.73. The molecule has 5 aromatic rings. The fourth-order valence-electron chi connectivity index (χ4n) is 6.69. The van der Waals surface area contributed by atoms with Gasteiger partial charge in [-0.1, -0.05) is 57.2 Å². The first-order chi connectivity index (χ1) is 19.3. The number of H-pyrrole nitrogens is 1. The van der Waals surface area contributed by atoms with Crippen LogP contribution < -0.4 is 0 Å². The summed E-state index contributed by atoms with van der Waals surface area (Å²) in [4.78, 5) is 32.0. The number of aliphatic hydroxyl groups is 2. The predicted octanol–water partition coefficient (Wildman–Crippen LogP) is 5.71. The van der Waals surface area contributed by atoms with E-state index in [-0.39, 0.29) is 16.9 Å². The highest BCUT2D eigenvalue weighted by atomic mass is 28.4. The van der Waals surface area contributed by atoms with Crippen molar-refractivity contribution in [3.63, 3.8) is 0 Å². The molecule has 0 bridgehead atoms. The Hall–Kier alpha value is -3.50. The van der Waals surface area contributed by atoms with Gasteiger partial charge >= 0.3 is 0 Å². The molecule has 3 aromatic carbocycles. The van der Waals surface area contributed by atoms with Crippen LogP contribution in [0.4, 0.5) is 0 Å². The van der Waals surface area contributed by atoms with Crippen molar-refractivity contribution >= 4 is 63.7 Å². The Morgan fingerprint density at radius 3 is 2.20 bits per heavy atom. The van der Waals surface area contributed by atoms with Crippen LogP contribution in [0, 0.1) is 0 Å². The molecule has 2 aromatic heterocycles. The summed E-state index contributed by atoms with van der Waals surface area (Å²) in [6.45, 7) is 10.8. The van der Waals surface area contributed by atoms with Gasteiger partial charge in [0.15, 0.2) is 8.32 Å². The van der Waals surface area contributed by atoms with Crippen LogP contribution in [0.2, 0.25) is 18.1 Å². The van der Waals surface area contributed by atoms with Gasteiger partial charge in [-0.25, -0.2) is 0 Å². The lowest BCUT2D eigenvalue weighted by Crippen LogP contribution is -2.46. The van der Waals surface area contributed by atoms with Gasteiger partial charge in [-0.05, 0) is 36.7 Å². The van der Waals surface area contributed by atoms with Gasteiger partial charge < -0.3 is 24.2 Å². The molecule has 7 rings (SSSR count). The van der Waals surface area contributed by atoms with Crippen molar-refractivity contribution in [2.45, 2.75) is 69.7 Å². The summed E-state index contributed by atoms with van der Waals surface area (Å²) in [7, 11) is -0.718. The van der Waals surface area contributed by atoms with Crippen molar-refractivity contribution in [2.75, 3.05) is 7.05 Å². The Bertz CT molecular complexity index is 1930. The van der Waals surface area contributed by atoms with Crippen molar-refractivity contribution in [3.05, 3.63) is 59.7 Å². The van der Waals surface area contributed by atoms with E-state index < -0.39 is 32.7 Å². The summed E-state index contributed by atoms with van der Waals surface area (Å²) in [5.41, 5.74) is 3.97. The lowest BCUT2D eigenvalue weighted by Gasteiger charge is -2.39. The van der Waals surface area contributed by atoms with Gasteiger partial charge in [-0.3, -0.25) is 14.5 Å². The van der Waals surface area contributed by atoms with E-state index in [1.807, 2.05) is 48.5 Å². The zero-order valence-corrected chi connectivity index (χ0v) is 25.1. The largest absolute Gasteiger partial charge is 0.411 e. The molecule has 212 valence electrons. The van der Waals surface area contributed by atoms with Crippen molar-refractivity contribution in [1.82, 2.24) is 14.5 Å². The minimum atomic E-state index is -2.24. The van der Waals surface area contributed by atoms with Crippen LogP contribution in [-0.2, 0) is 4.43 Å². The van der Waals surface area contributed by atoms with Gasteiger partial charge in [0, 0.05) is 39.6 Å². The van der Waals surface area contributed by atoms with Crippen molar-refractivity contribution in [2.24, 2.45) is 0 Å². The van der Waals surface area contributed by atoms with Gasteiger partial charge in [0.05, 0.1) is 34.3 Å². The first-order valence-corrected chi connectivity index (χ1v) is 17.1. The van der Waals surface area contributed by atoms with Gasteiger partial charge in [0.25, 0.3) is 11.8 Å². The SMILES string of the molecule is CN1C(=O)c2c(c3c4ccccc4n(C4C[C@H](O[Si](C)(C)C(C)(C)C)[C@@H](O)[C@H]4O)c3c3[nH]c4ccccc4c23)C1=O. The number of amides is 2. The van der Waals surface area contributed by atoms with Gasteiger partial charge in [-0.2, -0.15) is 0 Å². The molecule has 1 saturated carbocycles. The Kier molecular flexibility index (Phi) is 5.48. The second kappa shape index (κ2) is 8.51. The third-order valence-electron chi connectivity index (χ3n) is 9.82. The molecule has 41 heavy (non-hydrogen) atoms. The van der Waals surface area contributed by atoms with Crippen LogP contribution in [0.25, 0.3) is 43.6 Å². The van der Waals surface area contributed by atoms with Gasteiger partial charge in [0.2, 0.25) is 0 Å². The second-order valence-electron chi connectivity index (χ2n) is 13.2. The quantitative estimate of drug-likeness (QED) is 0.191. The van der Waals surface area contributed by atoms with E-state index in [0.29, 0.717) is 28.3 Å². The van der Waals surface area contributed by atoms with E-state index in [1.54, 1.807) is 0 Å². The monoisotopic (exact) mass is 569 g/mol. The molecule has 1 fully saturated rings. The number of carbonyl (C=O) groups is 2. The zero-order chi connectivity index (χ0) is 29.2. The topological polar surface area (TPSA) is 108 Å². The Balaban J connectivity index is 1.56. The number of para-hydroxylation sites is 2. The molecule has 2 aliphatic rings. The lowest BCUT2D eigenvalue weighted by atomic mass is 9.96. The molecule has 1 aliphatic carbocycles. The summed E-state index contributed by atoms with van der Waals surface area (Å²) in [6, 6.07) is 15.0. The number of nitrogens with one attached hydrogen (secondary N) is 1. The van der Waals surface area contributed by atoms with Crippen molar-refractivity contribution < 1.29 is 24.2 Å². The number of carbonyl (C=O) groups excluding carboxylic acids is 2. The number of nitrogens with zero attached hydrogens (tertiary/aromatic N) is 2. The first kappa shape index (κ1) is 26.4. The lowest BCUT2D eigenvalue weighted by molar-refractivity contribution is -0.0199. The summed E-state index contributed by atoms with van der Waals surface area (Å²) in [5, 5.41) is 25.9. The molecule has 3 heterocycles. The molecule has 1 unspecified atom stereocenters. The third-order valence-corrected chi connectivity index (χ3v) is 14.3. The molecular weight excluding hydrogens is 534 g/mol. The maximum absolute atomic E-state index is 13.7. The van der Waals surface area contributed by atoms with Crippen LogP contribution in [0.15, 0.2) is 48.5 Å². The van der Waals surface area contributed by atoms with Crippen molar-refractivity contribution in [3.8, 4) is 0 Å². The first-order valence-electron chi connectivity index (χ1n) is 14.2. The van der Waals surface area contributed by atoms with Crippen LogP contribution in [-0.4, -0.2) is 70.2 Å². The van der Waals surface area contributed by atoms with Gasteiger partial charge in [0.1, 0.15) is 12.2 Å². The van der Waals surface area contributed by atoms with Gasteiger partial charge in [-0.15, -0.1) is 0 Å². The minimum Gasteiger partial charge on any atom is -0.411 e. The molecule has 0 saturated heterocycles. The van der Waals surface area contributed by atoms with Crippen LogP contribution >= 0.6 is 0 Å². The number of hydrogen-bond acceptors (Lipinski definition) is 5. The highest BCUT2D eigenvalue weighted by Crippen LogP contribution is 2.48. The zero-order valence-electron chi connectivity index (χ0n) is 24.1. The van der Waals surface area contributed by atoms with Crippen LogP contribution in [0.1, 0.15) is 53.9 Å². The van der Waals surface area contributed by atoms with E-state index in [9.17, 15) is 19.8 Å². The number of aromatic nitrogens is 2. The molecular formula is C32H35N3O5Si. The van der Waals surface area contributed by atoms with E-state index in [1.165, 1.54) is 11.9 Å². The summed E-state index contributed by atoms with van der Waals surface area (Å²) in [5.74, 6) is -0.658. The van der Waals surface area contributed by atoms with E-state index in [2.05, 4.69) is 43.4 Å². The average Bonchev–Trinajstić information content (AvgIpc) is 3.61. The maximum atomic E-state index is 13.7. The Morgan fingerprint density at radius 2 is 1.51 bits per heavy atom. The molecule has 0 radical (unpaired) electrons. The Morgan fingerprint density at radius 1 is 0.902 bits per heavy atom. The van der Waals surface area contributed by atoms with E-state index in [0.717, 1.165) is 32.8 Å². The van der Waals surface area contributed by atoms with E-state index in [4.69, 9.17) is 4.43 Å². The molecule has 4 atom stereocenters. The number of imide groups is 1. The minimum absolute atomic E-state index is 0.0569. The summed E-state index contributed by atoms with van der Waals surface area (Å²) >= 11 is 0. The number of rotatable bonds is 3. The molecule has 0 spiro atoms. The van der Waals surface area contributed by atoms with Crippen molar-refractivity contribution in [1.29, 1.82) is 0 Å². The van der Waals surface area contributed by atoms with Crippen LogP contribution in [0.5, 0.6) is 0 Å². The normalized spacial score (nSPS) is 23.7. The number of aliphatic hydroxyl groups excluding tert-OH is 2. The fourth-order valence-corrected chi connectivity index (χ4v) is 8.03. The molecule has 2 amide bonds. The maximum Gasteiger partial charge on any atom is 0.262 e. The molecule has 1 aliphatic heterocycles. The number of benzene rings is 3. The highest BCUT2D eigenvalue weighted by Gasteiger charge is 2.49. The Labute approximate surface area is 238 Å². The fraction of sp³-hybridized carbons (Fsp3) is 0.375. The predicted molar refractivity (Wildman–Crippen MR) is 163 cm³/mol. The highest BCUT2D eigenvalue weighted by molar-refractivity contribution is 6.74.